The molecule has 0 fully saturated rings. The Morgan fingerprint density at radius 2 is 1.90 bits per heavy atom. The second kappa shape index (κ2) is 6.44. The molecule has 2 N–H and O–H groups in total. The molecule has 0 radical (unpaired) electrons. The number of aliphatic hydroxyl groups excluding tert-OH is 1. The molecule has 116 valence electrons. The molecule has 1 rings (SSSR count). The van der Waals surface area contributed by atoms with E-state index in [1.54, 1.807) is 0 Å². The number of ketones is 1. The Kier molecular flexibility index (Phi) is 5.35. The molecule has 1 aromatic rings. The van der Waals surface area contributed by atoms with Crippen molar-refractivity contribution in [2.45, 2.75) is 24.2 Å². The molecule has 0 aliphatic heterocycles. The van der Waals surface area contributed by atoms with Crippen molar-refractivity contribution in [1.82, 2.24) is 0 Å². The molecule has 0 aliphatic carbocycles. The minimum atomic E-state index is -4.95. The molecule has 5 nitrogen and oxygen atoms in total. The third-order valence-electron chi connectivity index (χ3n) is 2.41. The predicted octanol–water partition coefficient (Wildman–Crippen LogP) is 2.67. The lowest BCUT2D eigenvalue weighted by Gasteiger charge is -2.15. The molecular formula is C12H10BrF3O5. The fourth-order valence-electron chi connectivity index (χ4n) is 1.53. The maximum atomic E-state index is 12.2. The first-order valence-electron chi connectivity index (χ1n) is 5.51. The summed E-state index contributed by atoms with van der Waals surface area (Å²) in [5.74, 6) is -2.99. The number of carboxylic acids is 1. The van der Waals surface area contributed by atoms with E-state index in [1.807, 2.05) is 0 Å². The van der Waals surface area contributed by atoms with Crippen LogP contribution in [0, 0.1) is 0 Å². The highest BCUT2D eigenvalue weighted by atomic mass is 79.9. The number of aliphatic hydroxyl groups is 1. The summed E-state index contributed by atoms with van der Waals surface area (Å²) in [4.78, 5) is 21.9. The summed E-state index contributed by atoms with van der Waals surface area (Å²) < 4.78 is 40.2. The van der Waals surface area contributed by atoms with Crippen LogP contribution in [-0.4, -0.2) is 33.2 Å². The highest BCUT2D eigenvalue weighted by Crippen LogP contribution is 2.29. The Labute approximate surface area is 125 Å². The largest absolute Gasteiger partial charge is 0.573 e. The van der Waals surface area contributed by atoms with Gasteiger partial charge in [0, 0.05) is 11.1 Å². The van der Waals surface area contributed by atoms with E-state index in [9.17, 15) is 27.9 Å². The van der Waals surface area contributed by atoms with E-state index < -0.39 is 34.8 Å². The lowest BCUT2D eigenvalue weighted by Crippen LogP contribution is -2.20. The maximum absolute atomic E-state index is 12.2. The van der Waals surface area contributed by atoms with Crippen LogP contribution < -0.4 is 4.74 Å². The first-order chi connectivity index (χ1) is 9.53. The summed E-state index contributed by atoms with van der Waals surface area (Å²) in [5.41, 5.74) is -0.677. The summed E-state index contributed by atoms with van der Waals surface area (Å²) in [6.45, 7) is 1.41. The smallest absolute Gasteiger partial charge is 0.479 e. The zero-order valence-electron chi connectivity index (χ0n) is 10.5. The number of carbonyl (C=O) groups is 2. The van der Waals surface area contributed by atoms with E-state index in [-0.39, 0.29) is 11.1 Å². The average Bonchev–Trinajstić information content (AvgIpc) is 2.34. The van der Waals surface area contributed by atoms with Gasteiger partial charge in [0.05, 0.1) is 4.83 Å². The Balaban J connectivity index is 3.33. The zero-order valence-corrected chi connectivity index (χ0v) is 12.1. The standard InChI is InChI=1S/C12H10BrF3O5/c1-5(13)9(17)8-4-6(21-12(14,15)16)2-3-7(8)10(18)11(19)20/h2-5,10,18H,1H3,(H,19,20). The number of hydrogen-bond acceptors (Lipinski definition) is 4. The van der Waals surface area contributed by atoms with E-state index in [4.69, 9.17) is 5.11 Å². The number of hydrogen-bond donors (Lipinski definition) is 2. The second-order valence-electron chi connectivity index (χ2n) is 4.02. The van der Waals surface area contributed by atoms with Gasteiger partial charge in [0.1, 0.15) is 5.75 Å². The van der Waals surface area contributed by atoms with E-state index in [1.165, 1.54) is 6.92 Å². The zero-order chi connectivity index (χ0) is 16.4. The van der Waals surface area contributed by atoms with Crippen molar-refractivity contribution in [1.29, 1.82) is 0 Å². The highest BCUT2D eigenvalue weighted by Gasteiger charge is 2.32. The van der Waals surface area contributed by atoms with E-state index in [2.05, 4.69) is 20.7 Å². The fourth-order valence-corrected chi connectivity index (χ4v) is 1.78. The Hall–Kier alpha value is -1.61. The normalized spacial score (nSPS) is 14.4. The topological polar surface area (TPSA) is 83.8 Å². The molecule has 2 unspecified atom stereocenters. The maximum Gasteiger partial charge on any atom is 0.573 e. The van der Waals surface area contributed by atoms with Crippen LogP contribution in [-0.2, 0) is 4.79 Å². The van der Waals surface area contributed by atoms with Crippen molar-refractivity contribution in [3.05, 3.63) is 29.3 Å². The molecule has 9 heteroatoms. The number of carboxylic acid groups (broad SMARTS) is 1. The molecule has 0 saturated heterocycles. The number of ether oxygens (including phenoxy) is 1. The second-order valence-corrected chi connectivity index (χ2v) is 5.39. The molecule has 0 amide bonds. The van der Waals surface area contributed by atoms with Gasteiger partial charge in [0.25, 0.3) is 0 Å². The van der Waals surface area contributed by atoms with Crippen molar-refractivity contribution >= 4 is 27.7 Å². The van der Waals surface area contributed by atoms with Gasteiger partial charge in [-0.15, -0.1) is 13.2 Å². The summed E-state index contributed by atoms with van der Waals surface area (Å²) in [6, 6.07) is 2.47. The summed E-state index contributed by atoms with van der Waals surface area (Å²) >= 11 is 2.94. The minimum Gasteiger partial charge on any atom is -0.479 e. The van der Waals surface area contributed by atoms with Gasteiger partial charge in [-0.05, 0) is 19.1 Å². The van der Waals surface area contributed by atoms with E-state index in [0.29, 0.717) is 0 Å². The van der Waals surface area contributed by atoms with Crippen LogP contribution in [0.5, 0.6) is 5.75 Å². The van der Waals surface area contributed by atoms with Gasteiger partial charge in [-0.25, -0.2) is 4.79 Å². The van der Waals surface area contributed by atoms with Crippen LogP contribution in [0.15, 0.2) is 18.2 Å². The highest BCUT2D eigenvalue weighted by molar-refractivity contribution is 9.10. The van der Waals surface area contributed by atoms with Crippen molar-refractivity contribution in [2.24, 2.45) is 0 Å². The number of Topliss-reactive ketones (excluding diaryl/α,β-unsaturated/α-hetero) is 1. The molecular weight excluding hydrogens is 361 g/mol. The predicted molar refractivity (Wildman–Crippen MR) is 68.4 cm³/mol. The van der Waals surface area contributed by atoms with Gasteiger partial charge < -0.3 is 14.9 Å². The Bertz CT molecular complexity index is 556. The number of rotatable bonds is 5. The number of benzene rings is 1. The molecule has 2 atom stereocenters. The number of carbonyl (C=O) groups excluding carboxylic acids is 1. The van der Waals surface area contributed by atoms with Crippen LogP contribution in [0.3, 0.4) is 0 Å². The molecule has 1 aromatic carbocycles. The molecule has 0 heterocycles. The third-order valence-corrected chi connectivity index (χ3v) is 2.83. The van der Waals surface area contributed by atoms with Crippen molar-refractivity contribution in [3.63, 3.8) is 0 Å². The van der Waals surface area contributed by atoms with Gasteiger partial charge in [-0.2, -0.15) is 0 Å². The van der Waals surface area contributed by atoms with Crippen LogP contribution in [0.2, 0.25) is 0 Å². The van der Waals surface area contributed by atoms with E-state index >= 15 is 0 Å². The van der Waals surface area contributed by atoms with Gasteiger partial charge in [-0.1, -0.05) is 22.0 Å². The number of halogens is 4. The molecule has 0 saturated carbocycles. The molecule has 0 aromatic heterocycles. The van der Waals surface area contributed by atoms with Crippen LogP contribution >= 0.6 is 15.9 Å². The third kappa shape index (κ3) is 4.71. The lowest BCUT2D eigenvalue weighted by atomic mass is 9.97. The molecule has 0 aliphatic rings. The van der Waals surface area contributed by atoms with Gasteiger partial charge in [-0.3, -0.25) is 4.79 Å². The van der Waals surface area contributed by atoms with Gasteiger partial charge in [0.15, 0.2) is 11.9 Å². The summed E-state index contributed by atoms with van der Waals surface area (Å²) in [7, 11) is 0. The van der Waals surface area contributed by atoms with Crippen LogP contribution in [0.25, 0.3) is 0 Å². The molecule has 0 spiro atoms. The number of aliphatic carboxylic acids is 1. The summed E-state index contributed by atoms with van der Waals surface area (Å²) in [5, 5.41) is 18.3. The van der Waals surface area contributed by atoms with Gasteiger partial charge in [0.2, 0.25) is 0 Å². The summed E-state index contributed by atoms with van der Waals surface area (Å²) in [6.07, 6.45) is -6.98. The Morgan fingerprint density at radius 3 is 2.33 bits per heavy atom. The first-order valence-corrected chi connectivity index (χ1v) is 6.43. The first kappa shape index (κ1) is 17.4. The monoisotopic (exact) mass is 370 g/mol. The quantitative estimate of drug-likeness (QED) is 0.614. The fraction of sp³-hybridized carbons (Fsp3) is 0.333. The van der Waals surface area contributed by atoms with Crippen molar-refractivity contribution in [3.8, 4) is 5.75 Å². The van der Waals surface area contributed by atoms with Crippen LogP contribution in [0.4, 0.5) is 13.2 Å². The van der Waals surface area contributed by atoms with E-state index in [0.717, 1.165) is 18.2 Å². The van der Waals surface area contributed by atoms with Crippen molar-refractivity contribution in [2.75, 3.05) is 0 Å². The molecule has 21 heavy (non-hydrogen) atoms. The number of alkyl halides is 4. The van der Waals surface area contributed by atoms with Crippen molar-refractivity contribution < 1.29 is 37.7 Å². The SMILES string of the molecule is CC(Br)C(=O)c1cc(OC(F)(F)F)ccc1C(O)C(=O)O. The lowest BCUT2D eigenvalue weighted by molar-refractivity contribution is -0.274. The average molecular weight is 371 g/mol. The van der Waals surface area contributed by atoms with Crippen LogP contribution in [0.1, 0.15) is 28.9 Å². The molecule has 0 bridgehead atoms. The minimum absolute atomic E-state index is 0.312. The van der Waals surface area contributed by atoms with Gasteiger partial charge >= 0.3 is 12.3 Å². The Morgan fingerprint density at radius 1 is 1.33 bits per heavy atom.